The number of nitro benzene ring substituents is 2. The number of rotatable bonds is 7. The van der Waals surface area contributed by atoms with Crippen molar-refractivity contribution in [2.24, 2.45) is 0 Å². The van der Waals surface area contributed by atoms with Crippen LogP contribution in [-0.2, 0) is 0 Å². The second-order valence-electron chi connectivity index (χ2n) is 5.13. The number of nitrogens with zero attached hydrogens (tertiary/aromatic N) is 3. The summed E-state index contributed by atoms with van der Waals surface area (Å²) < 4.78 is 53.9. The van der Waals surface area contributed by atoms with Gasteiger partial charge in [-0.15, -0.1) is 0 Å². The number of nitriles is 1. The highest BCUT2D eigenvalue weighted by atomic mass is 19.3. The predicted octanol–water partition coefficient (Wildman–Crippen LogP) is 4.35. The van der Waals surface area contributed by atoms with E-state index in [9.17, 15) is 37.8 Å². The summed E-state index contributed by atoms with van der Waals surface area (Å²) in [7, 11) is 0. The molecular formula is C15H8F4N4O5. The van der Waals surface area contributed by atoms with Gasteiger partial charge in [-0.2, -0.15) is 22.8 Å². The molecule has 0 radical (unpaired) electrons. The van der Waals surface area contributed by atoms with Crippen molar-refractivity contribution in [2.45, 2.75) is 12.5 Å². The van der Waals surface area contributed by atoms with Crippen LogP contribution in [0.1, 0.15) is 5.56 Å². The molecule has 0 saturated carbocycles. The average molecular weight is 400 g/mol. The molecular weight excluding hydrogens is 392 g/mol. The largest absolute Gasteiger partial charge is 0.461 e. The first-order valence-electron chi connectivity index (χ1n) is 7.14. The molecule has 0 heterocycles. The maximum absolute atomic E-state index is 12.9. The third kappa shape index (κ3) is 4.41. The molecule has 9 nitrogen and oxygen atoms in total. The molecule has 0 aliphatic rings. The van der Waals surface area contributed by atoms with Crippen molar-refractivity contribution in [1.29, 1.82) is 5.26 Å². The SMILES string of the molecule is N#Cc1cc([N+](=O)[O-])c(Nc2ccc(OC(F)(F)C(F)F)cc2)c([N+](=O)[O-])c1. The number of hydrogen-bond acceptors (Lipinski definition) is 7. The maximum atomic E-state index is 12.9. The van der Waals surface area contributed by atoms with Gasteiger partial charge in [-0.3, -0.25) is 20.2 Å². The van der Waals surface area contributed by atoms with Gasteiger partial charge in [0.25, 0.3) is 0 Å². The summed E-state index contributed by atoms with van der Waals surface area (Å²) in [5.74, 6) is -0.625. The van der Waals surface area contributed by atoms with Crippen molar-refractivity contribution in [3.05, 3.63) is 62.2 Å². The summed E-state index contributed by atoms with van der Waals surface area (Å²) in [6.07, 6.45) is -8.78. The lowest BCUT2D eigenvalue weighted by atomic mass is 10.1. The molecule has 146 valence electrons. The van der Waals surface area contributed by atoms with Crippen LogP contribution < -0.4 is 10.1 Å². The molecule has 2 aromatic rings. The van der Waals surface area contributed by atoms with Gasteiger partial charge in [0.1, 0.15) is 5.75 Å². The van der Waals surface area contributed by atoms with Crippen molar-refractivity contribution >= 4 is 22.7 Å². The van der Waals surface area contributed by atoms with Crippen LogP contribution in [0.5, 0.6) is 5.75 Å². The van der Waals surface area contributed by atoms with Gasteiger partial charge in [0, 0.05) is 17.8 Å². The molecule has 0 fully saturated rings. The van der Waals surface area contributed by atoms with E-state index in [0.29, 0.717) is 0 Å². The van der Waals surface area contributed by atoms with Gasteiger partial charge in [-0.1, -0.05) is 0 Å². The Labute approximate surface area is 153 Å². The lowest BCUT2D eigenvalue weighted by Crippen LogP contribution is -2.33. The Balaban J connectivity index is 2.39. The van der Waals surface area contributed by atoms with E-state index in [1.54, 1.807) is 6.07 Å². The number of nitrogens with one attached hydrogen (secondary N) is 1. The van der Waals surface area contributed by atoms with E-state index in [-0.39, 0.29) is 11.3 Å². The van der Waals surface area contributed by atoms with Crippen LogP contribution >= 0.6 is 0 Å². The van der Waals surface area contributed by atoms with Crippen molar-refractivity contribution in [1.82, 2.24) is 0 Å². The van der Waals surface area contributed by atoms with E-state index in [4.69, 9.17) is 5.26 Å². The molecule has 2 aromatic carbocycles. The Morgan fingerprint density at radius 1 is 1.07 bits per heavy atom. The molecule has 28 heavy (non-hydrogen) atoms. The third-order valence-electron chi connectivity index (χ3n) is 3.25. The standard InChI is InChI=1S/C15H8F4N4O5/c16-14(17)15(18,19)28-10-3-1-9(2-4-10)21-13-11(22(24)25)5-8(7-20)6-12(13)23(26)27/h1-6,14,21H. The highest BCUT2D eigenvalue weighted by Gasteiger charge is 2.43. The fourth-order valence-corrected chi connectivity index (χ4v) is 2.04. The minimum Gasteiger partial charge on any atom is -0.428 e. The fourth-order valence-electron chi connectivity index (χ4n) is 2.04. The topological polar surface area (TPSA) is 131 Å². The zero-order chi connectivity index (χ0) is 21.1. The first-order chi connectivity index (χ1) is 13.0. The zero-order valence-corrected chi connectivity index (χ0v) is 13.4. The van der Waals surface area contributed by atoms with E-state index in [2.05, 4.69) is 10.1 Å². The summed E-state index contributed by atoms with van der Waals surface area (Å²) in [4.78, 5) is 20.5. The summed E-state index contributed by atoms with van der Waals surface area (Å²) in [6, 6.07) is 6.98. The number of hydrogen-bond donors (Lipinski definition) is 1. The number of benzene rings is 2. The Hall–Kier alpha value is -3.95. The Kier molecular flexibility index (Phi) is 5.63. The van der Waals surface area contributed by atoms with E-state index in [1.165, 1.54) is 0 Å². The maximum Gasteiger partial charge on any atom is 0.461 e. The van der Waals surface area contributed by atoms with Crippen molar-refractivity contribution in [3.63, 3.8) is 0 Å². The molecule has 0 aliphatic heterocycles. The molecule has 0 unspecified atom stereocenters. The number of halogens is 4. The van der Waals surface area contributed by atoms with Gasteiger partial charge >= 0.3 is 23.9 Å². The molecule has 0 spiro atoms. The van der Waals surface area contributed by atoms with Crippen molar-refractivity contribution < 1.29 is 32.1 Å². The summed E-state index contributed by atoms with van der Waals surface area (Å²) in [5.41, 5.74) is -2.43. The van der Waals surface area contributed by atoms with Gasteiger partial charge in [-0.05, 0) is 24.3 Å². The molecule has 0 atom stereocenters. The van der Waals surface area contributed by atoms with Crippen molar-refractivity contribution in [2.75, 3.05) is 5.32 Å². The molecule has 1 N–H and O–H groups in total. The summed E-state index contributed by atoms with van der Waals surface area (Å²) in [6.45, 7) is 0. The van der Waals surface area contributed by atoms with Crippen LogP contribution in [0, 0.1) is 31.6 Å². The quantitative estimate of drug-likeness (QED) is 0.415. The van der Waals surface area contributed by atoms with E-state index in [1.807, 2.05) is 0 Å². The third-order valence-corrected chi connectivity index (χ3v) is 3.25. The number of alkyl halides is 4. The normalized spacial score (nSPS) is 11.0. The second-order valence-corrected chi connectivity index (χ2v) is 5.13. The smallest absolute Gasteiger partial charge is 0.428 e. The number of ether oxygens (including phenoxy) is 1. The second kappa shape index (κ2) is 7.74. The predicted molar refractivity (Wildman–Crippen MR) is 85.8 cm³/mol. The van der Waals surface area contributed by atoms with E-state index < -0.39 is 45.2 Å². The molecule has 0 saturated heterocycles. The molecule has 0 bridgehead atoms. The molecule has 13 heteroatoms. The lowest BCUT2D eigenvalue weighted by Gasteiger charge is -2.17. The van der Waals surface area contributed by atoms with Crippen LogP contribution in [0.15, 0.2) is 36.4 Å². The first kappa shape index (κ1) is 20.4. The van der Waals surface area contributed by atoms with Crippen LogP contribution in [0.4, 0.5) is 40.3 Å². The Morgan fingerprint density at radius 2 is 1.57 bits per heavy atom. The molecule has 2 rings (SSSR count). The van der Waals surface area contributed by atoms with E-state index in [0.717, 1.165) is 36.4 Å². The summed E-state index contributed by atoms with van der Waals surface area (Å²) >= 11 is 0. The number of nitro groups is 2. The molecule has 0 aromatic heterocycles. The van der Waals surface area contributed by atoms with E-state index >= 15 is 0 Å². The number of anilines is 2. The highest BCUT2D eigenvalue weighted by molar-refractivity contribution is 5.80. The molecule has 0 amide bonds. The average Bonchev–Trinajstić information content (AvgIpc) is 2.62. The minimum absolute atomic E-state index is 0.0244. The molecule has 0 aliphatic carbocycles. The summed E-state index contributed by atoms with van der Waals surface area (Å²) in [5, 5.41) is 33.6. The zero-order valence-electron chi connectivity index (χ0n) is 13.4. The van der Waals surface area contributed by atoms with Crippen molar-refractivity contribution in [3.8, 4) is 11.8 Å². The Bertz CT molecular complexity index is 925. The van der Waals surface area contributed by atoms with Crippen LogP contribution in [-0.4, -0.2) is 22.4 Å². The fraction of sp³-hybridized carbons (Fsp3) is 0.133. The Morgan fingerprint density at radius 3 is 1.96 bits per heavy atom. The van der Waals surface area contributed by atoms with Crippen LogP contribution in [0.3, 0.4) is 0 Å². The monoisotopic (exact) mass is 400 g/mol. The minimum atomic E-state index is -4.72. The first-order valence-corrected chi connectivity index (χ1v) is 7.14. The van der Waals surface area contributed by atoms with Crippen LogP contribution in [0.25, 0.3) is 0 Å². The van der Waals surface area contributed by atoms with Gasteiger partial charge in [0.15, 0.2) is 5.69 Å². The van der Waals surface area contributed by atoms with Gasteiger partial charge in [0.05, 0.1) is 21.5 Å². The van der Waals surface area contributed by atoms with Gasteiger partial charge in [0.2, 0.25) is 0 Å². The van der Waals surface area contributed by atoms with Gasteiger partial charge < -0.3 is 10.1 Å². The van der Waals surface area contributed by atoms with Gasteiger partial charge in [-0.25, -0.2) is 0 Å². The highest BCUT2D eigenvalue weighted by Crippen LogP contribution is 2.38. The van der Waals surface area contributed by atoms with Crippen LogP contribution in [0.2, 0.25) is 0 Å². The lowest BCUT2D eigenvalue weighted by molar-refractivity contribution is -0.392.